The Morgan fingerprint density at radius 3 is 1.50 bits per heavy atom. The minimum absolute atomic E-state index is 0.155. The summed E-state index contributed by atoms with van der Waals surface area (Å²) in [5, 5.41) is 25.9. The second-order valence-corrected chi connectivity index (χ2v) is 16.3. The Morgan fingerprint density at radius 1 is 0.661 bits per heavy atom. The lowest BCUT2D eigenvalue weighted by molar-refractivity contribution is 0.0944. The molecule has 62 heavy (non-hydrogen) atoms. The van der Waals surface area contributed by atoms with Gasteiger partial charge in [-0.1, -0.05) is 12.1 Å². The van der Waals surface area contributed by atoms with Gasteiger partial charge in [0.2, 0.25) is 10.0 Å². The molecule has 8 aromatic rings. The van der Waals surface area contributed by atoms with Gasteiger partial charge in [-0.15, -0.1) is 0 Å². The van der Waals surface area contributed by atoms with Crippen molar-refractivity contribution in [2.24, 2.45) is 0 Å². The van der Waals surface area contributed by atoms with E-state index >= 15 is 0 Å². The van der Waals surface area contributed by atoms with Crippen LogP contribution in [0.25, 0.3) is 33.2 Å². The first-order valence-electron chi connectivity index (χ1n) is 18.5. The number of fused-ring (bicyclic) bond motifs is 2. The van der Waals surface area contributed by atoms with Gasteiger partial charge in [0.25, 0.3) is 11.8 Å². The maximum atomic E-state index is 13.3. The second kappa shape index (κ2) is 18.3. The van der Waals surface area contributed by atoms with E-state index in [9.17, 15) is 37.3 Å². The number of nitrogens with one attached hydrogen (secondary N) is 3. The molecule has 3 N–H and O–H groups in total. The van der Waals surface area contributed by atoms with E-state index in [2.05, 4.69) is 53.4 Å². The molecule has 0 saturated heterocycles. The maximum Gasteiger partial charge on any atom is 0.252 e. The first-order valence-corrected chi connectivity index (χ1v) is 21.2. The number of benzene rings is 4. The summed E-state index contributed by atoms with van der Waals surface area (Å²) in [7, 11) is -3.43. The van der Waals surface area contributed by atoms with Crippen LogP contribution < -0.4 is 15.4 Å². The highest BCUT2D eigenvalue weighted by Gasteiger charge is 2.17. The Labute approximate surface area is 362 Å². The van der Waals surface area contributed by atoms with Crippen LogP contribution in [0.3, 0.4) is 0 Å². The third-order valence-electron chi connectivity index (χ3n) is 9.38. The topological polar surface area (TPSA) is 188 Å². The zero-order valence-corrected chi connectivity index (χ0v) is 34.9. The lowest BCUT2D eigenvalue weighted by atomic mass is 10.1. The van der Waals surface area contributed by atoms with Crippen LogP contribution >= 0.6 is 15.9 Å². The number of nitrogens with zero attached hydrogens (tertiary/aromatic N) is 6. The number of pyridine rings is 2. The number of sulfonamides is 1. The van der Waals surface area contributed by atoms with E-state index in [1.165, 1.54) is 42.6 Å². The minimum atomic E-state index is -3.43. The molecule has 0 atom stereocenters. The predicted molar refractivity (Wildman–Crippen MR) is 233 cm³/mol. The number of carbonyl (C=O) groups excluding carboxylic acids is 2. The van der Waals surface area contributed by atoms with Crippen LogP contribution in [-0.4, -0.2) is 45.6 Å². The molecule has 0 unspecified atom stereocenters. The van der Waals surface area contributed by atoms with Crippen LogP contribution in [0.5, 0.6) is 0 Å². The van der Waals surface area contributed by atoms with Crippen molar-refractivity contribution in [3.63, 3.8) is 0 Å². The molecule has 0 aliphatic rings. The normalized spacial score (nSPS) is 10.9. The van der Waals surface area contributed by atoms with Gasteiger partial charge < -0.3 is 19.8 Å². The Balaban J connectivity index is 0.000000188. The van der Waals surface area contributed by atoms with Gasteiger partial charge in [0.05, 0.1) is 51.7 Å². The zero-order valence-electron chi connectivity index (χ0n) is 32.5. The van der Waals surface area contributed by atoms with E-state index in [-0.39, 0.29) is 35.8 Å². The monoisotopic (exact) mass is 911 g/mol. The van der Waals surface area contributed by atoms with E-state index in [0.717, 1.165) is 22.1 Å². The van der Waals surface area contributed by atoms with Crippen molar-refractivity contribution < 1.29 is 26.8 Å². The fourth-order valence-electron chi connectivity index (χ4n) is 6.49. The van der Waals surface area contributed by atoms with Gasteiger partial charge in [-0.25, -0.2) is 27.2 Å². The maximum absolute atomic E-state index is 13.3. The minimum Gasteiger partial charge on any atom is -0.348 e. The second-order valence-electron chi connectivity index (χ2n) is 13.7. The van der Waals surface area contributed by atoms with Crippen LogP contribution in [-0.2, 0) is 23.1 Å². The quantitative estimate of drug-likeness (QED) is 0.115. The molecule has 0 bridgehead atoms. The molecular weight excluding hydrogens is 881 g/mol. The summed E-state index contributed by atoms with van der Waals surface area (Å²) in [6, 6.07) is 33.0. The van der Waals surface area contributed by atoms with E-state index in [1.807, 2.05) is 16.7 Å². The number of halogens is 3. The highest BCUT2D eigenvalue weighted by Crippen LogP contribution is 2.28. The third-order valence-corrected chi connectivity index (χ3v) is 10.4. The molecule has 308 valence electrons. The molecule has 0 radical (unpaired) electrons. The fraction of sp³-hybridized carbons (Fsp3) is 0.0667. The Morgan fingerprint density at radius 2 is 1.11 bits per heavy atom. The molecule has 0 saturated carbocycles. The molecule has 13 nitrogen and oxygen atoms in total. The summed E-state index contributed by atoms with van der Waals surface area (Å²) in [6.07, 6.45) is 7.72. The molecule has 4 aromatic carbocycles. The van der Waals surface area contributed by atoms with Crippen molar-refractivity contribution in [3.05, 3.63) is 184 Å². The van der Waals surface area contributed by atoms with Gasteiger partial charge in [-0.2, -0.15) is 10.5 Å². The summed E-state index contributed by atoms with van der Waals surface area (Å²) in [5.41, 5.74) is 5.72. The number of anilines is 1. The van der Waals surface area contributed by atoms with Crippen LogP contribution in [0.15, 0.2) is 139 Å². The number of hydrogen-bond donors (Lipinski definition) is 3. The van der Waals surface area contributed by atoms with E-state index in [1.54, 1.807) is 83.8 Å². The van der Waals surface area contributed by atoms with Crippen molar-refractivity contribution >= 4 is 65.4 Å². The first kappa shape index (κ1) is 42.4. The summed E-state index contributed by atoms with van der Waals surface area (Å²) < 4.78 is 55.7. The van der Waals surface area contributed by atoms with Gasteiger partial charge >= 0.3 is 0 Å². The van der Waals surface area contributed by atoms with Gasteiger partial charge in [0, 0.05) is 60.0 Å². The van der Waals surface area contributed by atoms with Crippen molar-refractivity contribution in [1.29, 1.82) is 10.5 Å². The fourth-order valence-corrected chi connectivity index (χ4v) is 7.22. The molecule has 0 aliphatic carbocycles. The smallest absolute Gasteiger partial charge is 0.252 e. The highest BCUT2D eigenvalue weighted by atomic mass is 79.9. The van der Waals surface area contributed by atoms with Crippen molar-refractivity contribution in [3.8, 4) is 23.5 Å². The van der Waals surface area contributed by atoms with E-state index in [4.69, 9.17) is 0 Å². The summed E-state index contributed by atoms with van der Waals surface area (Å²) in [6.45, 7) is 0.470. The number of aromatic nitrogens is 4. The predicted octanol–water partition coefficient (Wildman–Crippen LogP) is 8.07. The van der Waals surface area contributed by atoms with Crippen LogP contribution in [0.1, 0.15) is 43.0 Å². The van der Waals surface area contributed by atoms with Crippen molar-refractivity contribution in [2.45, 2.75) is 13.1 Å². The number of carbonyl (C=O) groups is 2. The van der Waals surface area contributed by atoms with Crippen molar-refractivity contribution in [2.75, 3.05) is 11.0 Å². The average molecular weight is 913 g/mol. The molecule has 2 amide bonds. The van der Waals surface area contributed by atoms with Gasteiger partial charge in [0.1, 0.15) is 22.1 Å². The number of amides is 2. The largest absolute Gasteiger partial charge is 0.348 e. The zero-order chi connectivity index (χ0) is 44.0. The Bertz CT molecular complexity index is 3160. The van der Waals surface area contributed by atoms with Gasteiger partial charge in [-0.05, 0) is 124 Å². The lowest BCUT2D eigenvalue weighted by Crippen LogP contribution is -2.23. The number of rotatable bonds is 10. The summed E-state index contributed by atoms with van der Waals surface area (Å²) in [5.74, 6) is -1.18. The molecule has 0 spiro atoms. The number of hydrogen-bond acceptors (Lipinski definition) is 8. The molecule has 4 heterocycles. The van der Waals surface area contributed by atoms with Crippen LogP contribution in [0.2, 0.25) is 0 Å². The number of nitriles is 2. The molecule has 0 aliphatic heterocycles. The molecular formula is C45H32BrF2N9O4S. The summed E-state index contributed by atoms with van der Waals surface area (Å²) in [4.78, 5) is 34.0. The lowest BCUT2D eigenvalue weighted by Gasteiger charge is -2.10. The standard InChI is InChI=1S/C23H18FN5O3S.C22H14BrFN4O/c1-33(31,32)28-22-7-2-15(13-26-22)14-27-23(30)20-10-16(12-25)11-21-19(20)8-9-29(21)18-5-3-17(24)4-6-18;23-21-6-1-14(12-26-21)13-27-22(29)19-9-15(11-25)10-20-18(19)7-8-28(20)17-4-2-16(24)3-5-17/h2-11,13H,14H2,1H3,(H,26,28)(H,27,30);1-10,12H,13H2,(H,27,29). The van der Waals surface area contributed by atoms with Crippen LogP contribution in [0, 0.1) is 34.3 Å². The summed E-state index contributed by atoms with van der Waals surface area (Å²) >= 11 is 3.28. The molecule has 8 rings (SSSR count). The molecule has 17 heteroatoms. The SMILES string of the molecule is CS(=O)(=O)Nc1ccc(CNC(=O)c2cc(C#N)cc3c2ccn3-c2ccc(F)cc2)cn1.N#Cc1cc(C(=O)NCc2ccc(Br)nc2)c2ccn(-c3ccc(F)cc3)c2c1. The molecule has 0 fully saturated rings. The third kappa shape index (κ3) is 9.99. The van der Waals surface area contributed by atoms with Gasteiger partial charge in [-0.3, -0.25) is 14.3 Å². The van der Waals surface area contributed by atoms with E-state index in [0.29, 0.717) is 61.9 Å². The van der Waals surface area contributed by atoms with Crippen molar-refractivity contribution in [1.82, 2.24) is 29.7 Å². The van der Waals surface area contributed by atoms with Gasteiger partial charge in [0.15, 0.2) is 0 Å². The van der Waals surface area contributed by atoms with Crippen LogP contribution in [0.4, 0.5) is 14.6 Å². The molecule has 4 aromatic heterocycles. The Kier molecular flexibility index (Phi) is 12.5. The Hall–Kier alpha value is -7.73. The van der Waals surface area contributed by atoms with E-state index < -0.39 is 10.0 Å². The first-order chi connectivity index (χ1) is 29.8. The average Bonchev–Trinajstić information content (AvgIpc) is 3.90. The highest BCUT2D eigenvalue weighted by molar-refractivity contribution is 9.10.